The maximum Gasteiger partial charge on any atom is 0.303 e. The normalized spacial score (nSPS) is 12.0. The van der Waals surface area contributed by atoms with E-state index in [1.165, 1.54) is 12.1 Å². The van der Waals surface area contributed by atoms with Crippen molar-refractivity contribution in [3.05, 3.63) is 42.1 Å². The van der Waals surface area contributed by atoms with E-state index in [0.29, 0.717) is 16.4 Å². The zero-order valence-corrected chi connectivity index (χ0v) is 15.5. The number of aromatic nitrogens is 1. The third kappa shape index (κ3) is 5.42. The molecule has 2 rings (SSSR count). The van der Waals surface area contributed by atoms with Gasteiger partial charge in [-0.3, -0.25) is 4.79 Å². The molecule has 0 aliphatic rings. The van der Waals surface area contributed by atoms with Gasteiger partial charge in [-0.25, -0.2) is 13.8 Å². The van der Waals surface area contributed by atoms with Crippen molar-refractivity contribution >= 4 is 17.7 Å². The van der Waals surface area contributed by atoms with Gasteiger partial charge in [0, 0.05) is 23.4 Å². The van der Waals surface area contributed by atoms with E-state index in [1.807, 2.05) is 0 Å². The highest BCUT2D eigenvalue weighted by atomic mass is 32.2. The Hall–Kier alpha value is -2.15. The molecule has 0 aliphatic heterocycles. The van der Waals surface area contributed by atoms with Crippen LogP contribution in [0.15, 0.2) is 35.5 Å². The summed E-state index contributed by atoms with van der Waals surface area (Å²) in [6.07, 6.45) is 2.66. The van der Waals surface area contributed by atoms with E-state index in [1.54, 1.807) is 30.1 Å². The van der Waals surface area contributed by atoms with Crippen LogP contribution in [-0.4, -0.2) is 27.9 Å². The Morgan fingerprint density at radius 3 is 2.65 bits per heavy atom. The summed E-state index contributed by atoms with van der Waals surface area (Å²) in [5.41, 5.74) is 1.05. The van der Waals surface area contributed by atoms with Crippen molar-refractivity contribution in [3.63, 3.8) is 0 Å². The number of carboxylic acid groups (broad SMARTS) is 1. The van der Waals surface area contributed by atoms with Crippen LogP contribution in [0.1, 0.15) is 33.1 Å². The first-order valence-corrected chi connectivity index (χ1v) is 9.26. The lowest BCUT2D eigenvalue weighted by atomic mass is 10.1. The van der Waals surface area contributed by atoms with E-state index in [2.05, 4.69) is 18.8 Å². The highest BCUT2D eigenvalue weighted by Gasteiger charge is 2.17. The van der Waals surface area contributed by atoms with Gasteiger partial charge in [-0.2, -0.15) is 0 Å². The molecule has 0 aliphatic carbocycles. The van der Waals surface area contributed by atoms with Crippen LogP contribution in [0.4, 0.5) is 8.78 Å². The Morgan fingerprint density at radius 2 is 2.04 bits per heavy atom. The zero-order valence-electron chi connectivity index (χ0n) is 14.7. The molecule has 0 saturated carbocycles. The van der Waals surface area contributed by atoms with E-state index in [0.717, 1.165) is 11.4 Å². The van der Waals surface area contributed by atoms with Crippen LogP contribution < -0.4 is 4.74 Å². The Morgan fingerprint density at radius 1 is 1.35 bits per heavy atom. The number of pyridine rings is 1. The summed E-state index contributed by atoms with van der Waals surface area (Å²) in [6, 6.07) is 5.93. The van der Waals surface area contributed by atoms with E-state index in [9.17, 15) is 13.6 Å². The molecule has 26 heavy (non-hydrogen) atoms. The lowest BCUT2D eigenvalue weighted by Gasteiger charge is -2.14. The second-order valence-corrected chi connectivity index (χ2v) is 7.23. The van der Waals surface area contributed by atoms with Crippen molar-refractivity contribution in [2.75, 3.05) is 6.61 Å². The van der Waals surface area contributed by atoms with Crippen LogP contribution in [0.3, 0.4) is 0 Å². The lowest BCUT2D eigenvalue weighted by Crippen LogP contribution is -2.05. The molecule has 140 valence electrons. The monoisotopic (exact) mass is 381 g/mol. The first-order chi connectivity index (χ1) is 12.4. The van der Waals surface area contributed by atoms with Crippen molar-refractivity contribution < 1.29 is 23.4 Å². The maximum atomic E-state index is 14.3. The van der Waals surface area contributed by atoms with E-state index in [-0.39, 0.29) is 19.4 Å². The Kier molecular flexibility index (Phi) is 7.38. The smallest absolute Gasteiger partial charge is 0.303 e. The summed E-state index contributed by atoms with van der Waals surface area (Å²) in [5.74, 6) is -3.11. The molecule has 4 nitrogen and oxygen atoms in total. The molecule has 2 aromatic rings. The van der Waals surface area contributed by atoms with Crippen LogP contribution in [-0.2, 0) is 4.79 Å². The summed E-state index contributed by atoms with van der Waals surface area (Å²) < 4.78 is 33.8. The standard InChI is InChI=1S/C19H21F2NO3S/c1-3-12(2)26-19-14(6-4-8-22-19)13-10-15(20)18(16(21)11-13)25-9-5-7-17(23)24/h4,6,8,10-12H,3,5,7,9H2,1-2H3,(H,23,24). The van der Waals surface area contributed by atoms with Gasteiger partial charge < -0.3 is 9.84 Å². The molecule has 0 bridgehead atoms. The van der Waals surface area contributed by atoms with Crippen LogP contribution >= 0.6 is 11.8 Å². The number of hydrogen-bond donors (Lipinski definition) is 1. The molecular weight excluding hydrogens is 360 g/mol. The molecule has 1 N–H and O–H groups in total. The molecule has 1 heterocycles. The van der Waals surface area contributed by atoms with Gasteiger partial charge in [0.15, 0.2) is 17.4 Å². The number of benzene rings is 1. The van der Waals surface area contributed by atoms with Crippen molar-refractivity contribution in [1.82, 2.24) is 4.98 Å². The average molecular weight is 381 g/mol. The SMILES string of the molecule is CCC(C)Sc1ncccc1-c1cc(F)c(OCCCC(=O)O)c(F)c1. The number of carboxylic acids is 1. The molecule has 0 saturated heterocycles. The number of hydrogen-bond acceptors (Lipinski definition) is 4. The molecule has 1 atom stereocenters. The molecule has 7 heteroatoms. The molecule has 1 unspecified atom stereocenters. The molecule has 1 aromatic carbocycles. The Balaban J connectivity index is 2.23. The number of rotatable bonds is 9. The first kappa shape index (κ1) is 20.2. The van der Waals surface area contributed by atoms with Gasteiger partial charge in [0.25, 0.3) is 0 Å². The number of thioether (sulfide) groups is 1. The number of halogens is 2. The van der Waals surface area contributed by atoms with Crippen molar-refractivity contribution in [1.29, 1.82) is 0 Å². The molecule has 0 radical (unpaired) electrons. The van der Waals surface area contributed by atoms with Gasteiger partial charge in [-0.05, 0) is 36.6 Å². The highest BCUT2D eigenvalue weighted by molar-refractivity contribution is 8.00. The molecule has 1 aromatic heterocycles. The van der Waals surface area contributed by atoms with Gasteiger partial charge in [-0.15, -0.1) is 11.8 Å². The average Bonchev–Trinajstić information content (AvgIpc) is 2.60. The molecular formula is C19H21F2NO3S. The molecule has 0 amide bonds. The Labute approximate surface area is 155 Å². The van der Waals surface area contributed by atoms with Gasteiger partial charge in [0.05, 0.1) is 6.61 Å². The second-order valence-electron chi connectivity index (χ2n) is 5.81. The van der Waals surface area contributed by atoms with E-state index in [4.69, 9.17) is 9.84 Å². The van der Waals surface area contributed by atoms with Crippen molar-refractivity contribution in [2.45, 2.75) is 43.4 Å². The van der Waals surface area contributed by atoms with Crippen LogP contribution in [0, 0.1) is 11.6 Å². The zero-order chi connectivity index (χ0) is 19.1. The van der Waals surface area contributed by atoms with Crippen LogP contribution in [0.25, 0.3) is 11.1 Å². The van der Waals surface area contributed by atoms with E-state index < -0.39 is 23.4 Å². The summed E-state index contributed by atoms with van der Waals surface area (Å²) in [7, 11) is 0. The fraction of sp³-hybridized carbons (Fsp3) is 0.368. The largest absolute Gasteiger partial charge is 0.488 e. The van der Waals surface area contributed by atoms with Crippen molar-refractivity contribution in [2.24, 2.45) is 0 Å². The fourth-order valence-electron chi connectivity index (χ4n) is 2.23. The van der Waals surface area contributed by atoms with Gasteiger partial charge in [0.2, 0.25) is 0 Å². The van der Waals surface area contributed by atoms with Gasteiger partial charge >= 0.3 is 5.97 Å². The highest BCUT2D eigenvalue weighted by Crippen LogP contribution is 2.35. The van der Waals surface area contributed by atoms with Crippen LogP contribution in [0.2, 0.25) is 0 Å². The third-order valence-electron chi connectivity index (χ3n) is 3.75. The van der Waals surface area contributed by atoms with Crippen LogP contribution in [0.5, 0.6) is 5.75 Å². The number of nitrogens with zero attached hydrogens (tertiary/aromatic N) is 1. The summed E-state index contributed by atoms with van der Waals surface area (Å²) >= 11 is 1.56. The lowest BCUT2D eigenvalue weighted by molar-refractivity contribution is -0.137. The minimum absolute atomic E-state index is 0.0680. The third-order valence-corrected chi connectivity index (χ3v) is 5.03. The summed E-state index contributed by atoms with van der Waals surface area (Å²) in [6.45, 7) is 4.07. The second kappa shape index (κ2) is 9.52. The maximum absolute atomic E-state index is 14.3. The molecule has 0 spiro atoms. The van der Waals surface area contributed by atoms with Gasteiger partial charge in [-0.1, -0.05) is 19.9 Å². The fourth-order valence-corrected chi connectivity index (χ4v) is 3.21. The predicted octanol–water partition coefficient (Wildman–Crippen LogP) is 5.16. The van der Waals surface area contributed by atoms with Gasteiger partial charge in [0.1, 0.15) is 5.03 Å². The number of ether oxygens (including phenoxy) is 1. The van der Waals surface area contributed by atoms with E-state index >= 15 is 0 Å². The van der Waals surface area contributed by atoms with Crippen molar-refractivity contribution in [3.8, 4) is 16.9 Å². The summed E-state index contributed by atoms with van der Waals surface area (Å²) in [4.78, 5) is 14.8. The minimum Gasteiger partial charge on any atom is -0.488 e. The first-order valence-electron chi connectivity index (χ1n) is 8.38. The number of aliphatic carboxylic acids is 1. The minimum atomic E-state index is -0.979. The summed E-state index contributed by atoms with van der Waals surface area (Å²) in [5, 5.41) is 9.62. The Bertz CT molecular complexity index is 747. The quantitative estimate of drug-likeness (QED) is 0.480. The predicted molar refractivity (Wildman–Crippen MR) is 97.6 cm³/mol. The number of carbonyl (C=O) groups is 1. The topological polar surface area (TPSA) is 59.4 Å². The molecule has 0 fully saturated rings.